The second kappa shape index (κ2) is 12.0. The minimum absolute atomic E-state index is 0.198. The molecule has 0 fully saturated rings. The van der Waals surface area contributed by atoms with E-state index in [0.717, 1.165) is 11.1 Å². The molecule has 7 heteroatoms. The maximum absolute atomic E-state index is 13.3. The summed E-state index contributed by atoms with van der Waals surface area (Å²) in [5.41, 5.74) is 2.55. The molecule has 0 aliphatic heterocycles. The fourth-order valence-electron chi connectivity index (χ4n) is 3.98. The summed E-state index contributed by atoms with van der Waals surface area (Å²) in [6.07, 6.45) is 0.720. The monoisotopic (exact) mass is 465 g/mol. The Morgan fingerprint density at radius 3 is 2.15 bits per heavy atom. The number of phenolic OH excluding ortho intramolecular Hbond substituents is 2. The van der Waals surface area contributed by atoms with Crippen molar-refractivity contribution in [3.8, 4) is 23.0 Å². The Labute approximate surface area is 199 Å². The first-order chi connectivity index (χ1) is 16.4. The second-order valence-corrected chi connectivity index (χ2v) is 8.17. The Kier molecular flexibility index (Phi) is 8.76. The number of aromatic hydroxyl groups is 2. The van der Waals surface area contributed by atoms with Crippen molar-refractivity contribution in [2.45, 2.75) is 19.4 Å². The summed E-state index contributed by atoms with van der Waals surface area (Å²) in [5.74, 6) is -0.473. The van der Waals surface area contributed by atoms with Gasteiger partial charge in [-0.05, 0) is 59.7 Å². The van der Waals surface area contributed by atoms with Crippen LogP contribution in [0.4, 0.5) is 0 Å². The maximum Gasteiger partial charge on any atom is 0.224 e. The third-order valence-electron chi connectivity index (χ3n) is 5.89. The van der Waals surface area contributed by atoms with Gasteiger partial charge < -0.3 is 30.1 Å². The van der Waals surface area contributed by atoms with Gasteiger partial charge in [-0.15, -0.1) is 0 Å². The van der Waals surface area contributed by atoms with Gasteiger partial charge in [-0.25, -0.2) is 0 Å². The summed E-state index contributed by atoms with van der Waals surface area (Å²) in [4.78, 5) is 13.3. The molecule has 0 heterocycles. The molecular formula is C27H31NO6. The molecule has 0 unspecified atom stereocenters. The minimum atomic E-state index is -0.578. The molecular weight excluding hydrogens is 434 g/mol. The standard InChI is InChI=1S/C27H31NO6/c1-33-25-11-9-19(15-26(25)34-2)12-21(17-29)22(13-20-8-10-23(30)24(31)14-20)27(32)28-16-18-6-4-3-5-7-18/h3-11,14-15,21-22,29-31H,12-13,16-17H2,1-2H3,(H,28,32)/t21-,22+/m0/s1. The molecule has 0 radical (unpaired) electrons. The zero-order valence-corrected chi connectivity index (χ0v) is 19.4. The lowest BCUT2D eigenvalue weighted by Crippen LogP contribution is -2.38. The van der Waals surface area contributed by atoms with E-state index in [0.29, 0.717) is 30.0 Å². The lowest BCUT2D eigenvalue weighted by molar-refractivity contribution is -0.127. The summed E-state index contributed by atoms with van der Waals surface area (Å²) in [6.45, 7) is 0.160. The molecule has 0 aliphatic carbocycles. The smallest absolute Gasteiger partial charge is 0.224 e. The number of benzene rings is 3. The predicted molar refractivity (Wildman–Crippen MR) is 129 cm³/mol. The van der Waals surface area contributed by atoms with Crippen LogP contribution in [0.5, 0.6) is 23.0 Å². The average molecular weight is 466 g/mol. The van der Waals surface area contributed by atoms with Crippen LogP contribution in [0, 0.1) is 11.8 Å². The van der Waals surface area contributed by atoms with Crippen molar-refractivity contribution < 1.29 is 29.6 Å². The van der Waals surface area contributed by atoms with Crippen LogP contribution in [0.25, 0.3) is 0 Å². The van der Waals surface area contributed by atoms with Crippen LogP contribution < -0.4 is 14.8 Å². The van der Waals surface area contributed by atoms with E-state index in [-0.39, 0.29) is 30.4 Å². The number of methoxy groups -OCH3 is 2. The van der Waals surface area contributed by atoms with Gasteiger partial charge in [0.25, 0.3) is 0 Å². The van der Waals surface area contributed by atoms with Crippen LogP contribution in [0.3, 0.4) is 0 Å². The first kappa shape index (κ1) is 24.9. The predicted octanol–water partition coefficient (Wildman–Crippen LogP) is 3.44. The van der Waals surface area contributed by atoms with Crippen molar-refractivity contribution in [1.29, 1.82) is 0 Å². The van der Waals surface area contributed by atoms with Gasteiger partial charge in [0.1, 0.15) is 0 Å². The highest BCUT2D eigenvalue weighted by atomic mass is 16.5. The van der Waals surface area contributed by atoms with E-state index in [1.165, 1.54) is 12.1 Å². The lowest BCUT2D eigenvalue weighted by atomic mass is 9.82. The Bertz CT molecular complexity index is 1090. The number of rotatable bonds is 11. The highest BCUT2D eigenvalue weighted by molar-refractivity contribution is 5.79. The number of hydrogen-bond acceptors (Lipinski definition) is 6. The zero-order chi connectivity index (χ0) is 24.5. The van der Waals surface area contributed by atoms with Crippen LogP contribution in [0.15, 0.2) is 66.7 Å². The zero-order valence-electron chi connectivity index (χ0n) is 19.4. The molecule has 1 amide bonds. The van der Waals surface area contributed by atoms with Crippen molar-refractivity contribution in [2.75, 3.05) is 20.8 Å². The fourth-order valence-corrected chi connectivity index (χ4v) is 3.98. The van der Waals surface area contributed by atoms with Crippen molar-refractivity contribution in [3.05, 3.63) is 83.4 Å². The Balaban J connectivity index is 1.84. The molecule has 0 spiro atoms. The Hall–Kier alpha value is -3.71. The topological polar surface area (TPSA) is 108 Å². The fraction of sp³-hybridized carbons (Fsp3) is 0.296. The van der Waals surface area contributed by atoms with Crippen LogP contribution in [0.1, 0.15) is 16.7 Å². The first-order valence-electron chi connectivity index (χ1n) is 11.1. The van der Waals surface area contributed by atoms with E-state index in [1.54, 1.807) is 26.4 Å². The van der Waals surface area contributed by atoms with Crippen molar-refractivity contribution in [3.63, 3.8) is 0 Å². The number of amides is 1. The van der Waals surface area contributed by atoms with Gasteiger partial charge in [0.05, 0.1) is 14.2 Å². The van der Waals surface area contributed by atoms with Crippen molar-refractivity contribution in [2.24, 2.45) is 11.8 Å². The number of aliphatic hydroxyl groups excluding tert-OH is 1. The highest BCUT2D eigenvalue weighted by Gasteiger charge is 2.29. The van der Waals surface area contributed by atoms with E-state index in [1.807, 2.05) is 42.5 Å². The summed E-state index contributed by atoms with van der Waals surface area (Å²) >= 11 is 0. The van der Waals surface area contributed by atoms with Crippen LogP contribution in [0.2, 0.25) is 0 Å². The molecule has 0 aromatic heterocycles. The number of hydrogen-bond donors (Lipinski definition) is 4. The van der Waals surface area contributed by atoms with E-state index in [4.69, 9.17) is 9.47 Å². The summed E-state index contributed by atoms with van der Waals surface area (Å²) in [6, 6.07) is 19.6. The quantitative estimate of drug-likeness (QED) is 0.323. The number of aliphatic hydroxyl groups is 1. The lowest BCUT2D eigenvalue weighted by Gasteiger charge is -2.26. The molecule has 3 rings (SSSR count). The molecule has 0 saturated carbocycles. The first-order valence-corrected chi connectivity index (χ1v) is 11.1. The van der Waals surface area contributed by atoms with Crippen LogP contribution >= 0.6 is 0 Å². The summed E-state index contributed by atoms with van der Waals surface area (Å²) < 4.78 is 10.7. The highest BCUT2D eigenvalue weighted by Crippen LogP contribution is 2.31. The Morgan fingerprint density at radius 2 is 1.50 bits per heavy atom. The summed E-state index contributed by atoms with van der Waals surface area (Å²) in [5, 5.41) is 32.8. The Morgan fingerprint density at radius 1 is 0.824 bits per heavy atom. The number of nitrogens with one attached hydrogen (secondary N) is 1. The van der Waals surface area contributed by atoms with Gasteiger partial charge in [0.15, 0.2) is 23.0 Å². The second-order valence-electron chi connectivity index (χ2n) is 8.17. The van der Waals surface area contributed by atoms with E-state index < -0.39 is 11.8 Å². The molecule has 3 aromatic rings. The van der Waals surface area contributed by atoms with Crippen molar-refractivity contribution in [1.82, 2.24) is 5.32 Å². The normalized spacial score (nSPS) is 12.6. The van der Waals surface area contributed by atoms with E-state index in [2.05, 4.69) is 5.32 Å². The molecule has 0 aliphatic rings. The van der Waals surface area contributed by atoms with Gasteiger partial charge in [0, 0.05) is 19.1 Å². The largest absolute Gasteiger partial charge is 0.504 e. The maximum atomic E-state index is 13.3. The van der Waals surface area contributed by atoms with Gasteiger partial charge in [-0.3, -0.25) is 4.79 Å². The van der Waals surface area contributed by atoms with Crippen molar-refractivity contribution >= 4 is 5.91 Å². The number of ether oxygens (including phenoxy) is 2. The van der Waals surface area contributed by atoms with Gasteiger partial charge in [-0.2, -0.15) is 0 Å². The van der Waals surface area contributed by atoms with Crippen LogP contribution in [-0.4, -0.2) is 42.1 Å². The number of carbonyl (C=O) groups is 1. The van der Waals surface area contributed by atoms with Crippen LogP contribution in [-0.2, 0) is 24.2 Å². The number of phenols is 2. The minimum Gasteiger partial charge on any atom is -0.504 e. The molecule has 0 bridgehead atoms. The number of carbonyl (C=O) groups excluding carboxylic acids is 1. The SMILES string of the molecule is COc1ccc(C[C@@H](CO)[C@@H](Cc2ccc(O)c(O)c2)C(=O)NCc2ccccc2)cc1OC. The third-order valence-corrected chi connectivity index (χ3v) is 5.89. The van der Waals surface area contributed by atoms with E-state index >= 15 is 0 Å². The van der Waals surface area contributed by atoms with Gasteiger partial charge in [-0.1, -0.05) is 42.5 Å². The molecule has 2 atom stereocenters. The molecule has 7 nitrogen and oxygen atoms in total. The third kappa shape index (κ3) is 6.42. The summed E-state index contributed by atoms with van der Waals surface area (Å²) in [7, 11) is 3.12. The van der Waals surface area contributed by atoms with Gasteiger partial charge >= 0.3 is 0 Å². The van der Waals surface area contributed by atoms with Gasteiger partial charge in [0.2, 0.25) is 5.91 Å². The average Bonchev–Trinajstić information content (AvgIpc) is 2.87. The van der Waals surface area contributed by atoms with E-state index in [9.17, 15) is 20.1 Å². The molecule has 4 N–H and O–H groups in total. The molecule has 3 aromatic carbocycles. The molecule has 34 heavy (non-hydrogen) atoms. The molecule has 0 saturated heterocycles. The molecule has 180 valence electrons.